The van der Waals surface area contributed by atoms with E-state index in [2.05, 4.69) is 0 Å². The molecule has 0 N–H and O–H groups in total. The van der Waals surface area contributed by atoms with Crippen molar-refractivity contribution in [1.29, 1.82) is 0 Å². The Kier molecular flexibility index (Phi) is 6.14. The lowest BCUT2D eigenvalue weighted by Gasteiger charge is -2.07. The monoisotopic (exact) mass is 459 g/mol. The molecule has 0 amide bonds. The highest BCUT2D eigenvalue weighted by atomic mass is 16.6. The molecule has 0 spiro atoms. The molecular weight excluding hydrogens is 438 g/mol. The maximum absolute atomic E-state index is 13.1. The van der Waals surface area contributed by atoms with E-state index in [4.69, 9.17) is 13.9 Å². The molecule has 0 fully saturated rings. The summed E-state index contributed by atoms with van der Waals surface area (Å²) < 4.78 is 16.9. The number of nitro benzene ring substituents is 1. The number of hydrogen-bond acceptors (Lipinski definition) is 7. The van der Waals surface area contributed by atoms with Crippen molar-refractivity contribution in [2.24, 2.45) is 0 Å². The summed E-state index contributed by atoms with van der Waals surface area (Å²) >= 11 is 0. The molecule has 0 unspecified atom stereocenters. The lowest BCUT2D eigenvalue weighted by atomic mass is 10.1. The van der Waals surface area contributed by atoms with E-state index in [0.717, 1.165) is 5.56 Å². The van der Waals surface area contributed by atoms with Gasteiger partial charge in [0.1, 0.15) is 23.0 Å². The number of benzene rings is 2. The van der Waals surface area contributed by atoms with Crippen LogP contribution >= 0.6 is 0 Å². The van der Waals surface area contributed by atoms with Gasteiger partial charge in [-0.3, -0.25) is 14.9 Å². The van der Waals surface area contributed by atoms with Gasteiger partial charge in [-0.05, 0) is 68.3 Å². The third kappa shape index (κ3) is 4.38. The number of ether oxygens (including phenoxy) is 2. The minimum Gasteiger partial charge on any atom is -0.494 e. The third-order valence-electron chi connectivity index (χ3n) is 5.34. The first-order chi connectivity index (χ1) is 16.3. The first-order valence-electron chi connectivity index (χ1n) is 10.6. The highest BCUT2D eigenvalue weighted by Crippen LogP contribution is 2.34. The quantitative estimate of drug-likeness (QED) is 0.210. The Labute approximate surface area is 194 Å². The second kappa shape index (κ2) is 9.19. The van der Waals surface area contributed by atoms with E-state index in [-0.39, 0.29) is 22.4 Å². The summed E-state index contributed by atoms with van der Waals surface area (Å²) in [4.78, 5) is 36.3. The van der Waals surface area contributed by atoms with Gasteiger partial charge in [0, 0.05) is 12.1 Å². The van der Waals surface area contributed by atoms with Crippen molar-refractivity contribution in [3.63, 3.8) is 0 Å². The average Bonchev–Trinajstić information content (AvgIpc) is 3.03. The van der Waals surface area contributed by atoms with Gasteiger partial charge in [0.25, 0.3) is 5.69 Å². The summed E-state index contributed by atoms with van der Waals surface area (Å²) in [5.41, 5.74) is 1.01. The fraction of sp³-hybridized carbons (Fsp3) is 0.154. The summed E-state index contributed by atoms with van der Waals surface area (Å²) in [6.45, 7) is 5.79. The zero-order valence-corrected chi connectivity index (χ0v) is 18.8. The summed E-state index contributed by atoms with van der Waals surface area (Å²) in [5.74, 6) is 0.983. The highest BCUT2D eigenvalue weighted by Gasteiger charge is 2.19. The molecule has 8 heteroatoms. The van der Waals surface area contributed by atoms with E-state index in [9.17, 15) is 19.7 Å². The standard InChI is InChI=1S/C26H21NO7/c1-4-32-21-11-7-17(8-12-21)19-13-22(28)24-15(2)33-16(3)25(24)23(14-19)34-26(29)18-5-9-20(10-6-18)27(30)31/h5-14H,4H2,1-3H3. The number of aryl methyl sites for hydroxylation is 2. The van der Waals surface area contributed by atoms with Crippen molar-refractivity contribution in [2.45, 2.75) is 20.8 Å². The van der Waals surface area contributed by atoms with Crippen LogP contribution in [-0.2, 0) is 0 Å². The van der Waals surface area contributed by atoms with Gasteiger partial charge in [-0.15, -0.1) is 0 Å². The van der Waals surface area contributed by atoms with Crippen LogP contribution in [0.5, 0.6) is 11.5 Å². The van der Waals surface area contributed by atoms with E-state index in [1.165, 1.54) is 30.3 Å². The number of rotatable bonds is 6. The van der Waals surface area contributed by atoms with Crippen molar-refractivity contribution in [1.82, 2.24) is 0 Å². The predicted molar refractivity (Wildman–Crippen MR) is 127 cm³/mol. The van der Waals surface area contributed by atoms with Gasteiger partial charge >= 0.3 is 5.97 Å². The summed E-state index contributed by atoms with van der Waals surface area (Å²) in [5, 5.41) is 11.6. The van der Waals surface area contributed by atoms with Gasteiger partial charge in [0.05, 0.1) is 27.9 Å². The Balaban J connectivity index is 1.83. The number of esters is 1. The van der Waals surface area contributed by atoms with Crippen LogP contribution < -0.4 is 14.9 Å². The predicted octanol–water partition coefficient (Wildman–Crippen LogP) is 5.60. The van der Waals surface area contributed by atoms with E-state index < -0.39 is 10.9 Å². The van der Waals surface area contributed by atoms with Crippen LogP contribution in [0.2, 0.25) is 0 Å². The van der Waals surface area contributed by atoms with Crippen molar-refractivity contribution in [2.75, 3.05) is 6.61 Å². The zero-order valence-electron chi connectivity index (χ0n) is 18.8. The molecule has 0 radical (unpaired) electrons. The van der Waals surface area contributed by atoms with Crippen LogP contribution in [0.1, 0.15) is 28.8 Å². The number of nitro groups is 1. The largest absolute Gasteiger partial charge is 0.494 e. The number of furan rings is 1. The number of carbonyl (C=O) groups is 1. The minimum atomic E-state index is -0.717. The molecule has 1 heterocycles. The topological polar surface area (TPSA) is 109 Å². The van der Waals surface area contributed by atoms with Crippen molar-refractivity contribution >= 4 is 22.4 Å². The SMILES string of the molecule is CCOc1ccc(-c2cc(OC(=O)c3ccc([N+](=O)[O-])cc3)c3c(C)oc(C)c3c(=O)c2)cc1. The smallest absolute Gasteiger partial charge is 0.343 e. The first kappa shape index (κ1) is 22.7. The minimum absolute atomic E-state index is 0.132. The van der Waals surface area contributed by atoms with E-state index in [1.54, 1.807) is 32.0 Å². The Hall–Kier alpha value is -4.46. The molecule has 0 aliphatic carbocycles. The van der Waals surface area contributed by atoms with Crippen LogP contribution in [0.25, 0.3) is 21.9 Å². The fourth-order valence-corrected chi connectivity index (χ4v) is 3.78. The second-order valence-corrected chi connectivity index (χ2v) is 7.59. The van der Waals surface area contributed by atoms with Gasteiger partial charge in [-0.1, -0.05) is 12.1 Å². The Morgan fingerprint density at radius 2 is 1.59 bits per heavy atom. The number of carbonyl (C=O) groups excluding carboxylic acids is 1. The van der Waals surface area contributed by atoms with Crippen molar-refractivity contribution < 1.29 is 23.6 Å². The third-order valence-corrected chi connectivity index (χ3v) is 5.34. The number of fused-ring (bicyclic) bond motifs is 1. The fourth-order valence-electron chi connectivity index (χ4n) is 3.78. The van der Waals surface area contributed by atoms with Gasteiger partial charge in [-0.25, -0.2) is 4.79 Å². The van der Waals surface area contributed by atoms with E-state index >= 15 is 0 Å². The molecule has 0 aliphatic heterocycles. The van der Waals surface area contributed by atoms with Gasteiger partial charge in [0.2, 0.25) is 0 Å². The van der Waals surface area contributed by atoms with Gasteiger partial charge in [-0.2, -0.15) is 0 Å². The summed E-state index contributed by atoms with van der Waals surface area (Å²) in [7, 11) is 0. The molecule has 8 nitrogen and oxygen atoms in total. The molecule has 4 rings (SSSR count). The molecule has 34 heavy (non-hydrogen) atoms. The van der Waals surface area contributed by atoms with Crippen LogP contribution in [0.4, 0.5) is 5.69 Å². The number of non-ortho nitro benzene ring substituents is 1. The highest BCUT2D eigenvalue weighted by molar-refractivity contribution is 5.97. The van der Waals surface area contributed by atoms with Crippen molar-refractivity contribution in [3.8, 4) is 22.6 Å². The molecule has 1 aromatic heterocycles. The lowest BCUT2D eigenvalue weighted by molar-refractivity contribution is -0.384. The van der Waals surface area contributed by atoms with Crippen LogP contribution in [0.3, 0.4) is 0 Å². The maximum Gasteiger partial charge on any atom is 0.343 e. The van der Waals surface area contributed by atoms with E-state index in [0.29, 0.717) is 40.2 Å². The molecule has 0 atom stereocenters. The molecule has 0 saturated heterocycles. The molecule has 4 aromatic rings. The second-order valence-electron chi connectivity index (χ2n) is 7.59. The Morgan fingerprint density at radius 1 is 0.941 bits per heavy atom. The molecule has 172 valence electrons. The average molecular weight is 459 g/mol. The van der Waals surface area contributed by atoms with Gasteiger partial charge in [0.15, 0.2) is 5.43 Å². The van der Waals surface area contributed by atoms with Crippen LogP contribution in [-0.4, -0.2) is 17.5 Å². The molecular formula is C26H21NO7. The summed E-state index contributed by atoms with van der Waals surface area (Å²) in [6.07, 6.45) is 0. The van der Waals surface area contributed by atoms with Crippen molar-refractivity contribution in [3.05, 3.63) is 98.1 Å². The van der Waals surface area contributed by atoms with Crippen LogP contribution in [0, 0.1) is 24.0 Å². The molecule has 0 bridgehead atoms. The lowest BCUT2D eigenvalue weighted by Crippen LogP contribution is -2.08. The molecule has 0 saturated carbocycles. The summed E-state index contributed by atoms with van der Waals surface area (Å²) in [6, 6.07) is 15.4. The zero-order chi connectivity index (χ0) is 24.4. The number of nitrogens with zero attached hydrogens (tertiary/aromatic N) is 1. The first-order valence-corrected chi connectivity index (χ1v) is 10.6. The molecule has 0 aliphatic rings. The molecule has 3 aromatic carbocycles. The normalized spacial score (nSPS) is 10.8. The van der Waals surface area contributed by atoms with Crippen LogP contribution in [0.15, 0.2) is 69.9 Å². The Bertz CT molecular complexity index is 1450. The van der Waals surface area contributed by atoms with E-state index in [1.807, 2.05) is 19.1 Å². The maximum atomic E-state index is 13.1. The van der Waals surface area contributed by atoms with Gasteiger partial charge < -0.3 is 13.9 Å². The Morgan fingerprint density at radius 3 is 2.21 bits per heavy atom. The number of hydrogen-bond donors (Lipinski definition) is 0.